The molecule has 1 fully saturated rings. The lowest BCUT2D eigenvalue weighted by molar-refractivity contribution is 0.0288. The van der Waals surface area contributed by atoms with E-state index in [1.165, 1.54) is 0 Å². The third kappa shape index (κ3) is 5.64. The molecule has 9 nitrogen and oxygen atoms in total. The quantitative estimate of drug-likeness (QED) is 0.264. The van der Waals surface area contributed by atoms with E-state index in [1.54, 1.807) is 34.6 Å². The lowest BCUT2D eigenvalue weighted by Gasteiger charge is -2.26. The first-order valence-corrected chi connectivity index (χ1v) is 15.2. The Hall–Kier alpha value is -4.37. The van der Waals surface area contributed by atoms with Crippen LogP contribution in [0.5, 0.6) is 0 Å². The summed E-state index contributed by atoms with van der Waals surface area (Å²) in [4.78, 5) is 46.3. The van der Waals surface area contributed by atoms with E-state index in [4.69, 9.17) is 26.1 Å². The van der Waals surface area contributed by atoms with Crippen LogP contribution in [-0.4, -0.2) is 51.9 Å². The highest BCUT2D eigenvalue weighted by Crippen LogP contribution is 2.44. The van der Waals surface area contributed by atoms with Crippen molar-refractivity contribution in [3.05, 3.63) is 99.1 Å². The van der Waals surface area contributed by atoms with Gasteiger partial charge >= 0.3 is 12.2 Å². The minimum atomic E-state index is -0.683. The van der Waals surface area contributed by atoms with Crippen LogP contribution in [0.3, 0.4) is 0 Å². The van der Waals surface area contributed by atoms with Crippen molar-refractivity contribution < 1.29 is 19.1 Å². The standard InChI is InChI=1S/C34H35ClN4O5/c1-20(36-32(41)43-19-26-24-12-7-5-10-22(24)23-11-6-8-13-25(23)26)30-37-28-15-9-14-27(35)29(28)31(40)39(30)21-16-17-38(18-21)33(42)44-34(2,3)4/h5-15,20-21,26H,16-19H2,1-4H3,(H,36,41)/t20-,21+/m0/s1. The molecule has 10 heteroatoms. The van der Waals surface area contributed by atoms with Crippen molar-refractivity contribution in [2.75, 3.05) is 19.7 Å². The molecule has 2 heterocycles. The summed E-state index contributed by atoms with van der Waals surface area (Å²) in [6.45, 7) is 8.04. The molecule has 2 atom stereocenters. The molecule has 1 N–H and O–H groups in total. The fourth-order valence-electron chi connectivity index (χ4n) is 6.20. The van der Waals surface area contributed by atoms with Gasteiger partial charge in [0.05, 0.1) is 28.0 Å². The number of likely N-dealkylation sites (tertiary alicyclic amines) is 1. The molecule has 0 radical (unpaired) electrons. The summed E-state index contributed by atoms with van der Waals surface area (Å²) >= 11 is 6.46. The predicted molar refractivity (Wildman–Crippen MR) is 169 cm³/mol. The molecule has 2 amide bonds. The fraction of sp³-hybridized carbons (Fsp3) is 0.353. The number of amides is 2. The summed E-state index contributed by atoms with van der Waals surface area (Å²) in [6, 6.07) is 20.3. The molecule has 0 unspecified atom stereocenters. The van der Waals surface area contributed by atoms with Gasteiger partial charge in [0.25, 0.3) is 5.56 Å². The van der Waals surface area contributed by atoms with Crippen LogP contribution in [0.4, 0.5) is 9.59 Å². The highest BCUT2D eigenvalue weighted by molar-refractivity contribution is 6.35. The Bertz CT molecular complexity index is 1770. The first-order chi connectivity index (χ1) is 21.0. The van der Waals surface area contributed by atoms with Crippen LogP contribution in [0.25, 0.3) is 22.0 Å². The number of carbonyl (C=O) groups is 2. The van der Waals surface area contributed by atoms with Crippen molar-refractivity contribution in [3.8, 4) is 11.1 Å². The molecule has 3 aromatic carbocycles. The maximum atomic E-state index is 13.9. The number of hydrogen-bond acceptors (Lipinski definition) is 6. The van der Waals surface area contributed by atoms with Crippen molar-refractivity contribution in [2.45, 2.75) is 57.7 Å². The number of aromatic nitrogens is 2. The number of alkyl carbamates (subject to hydrolysis) is 1. The highest BCUT2D eigenvalue weighted by atomic mass is 35.5. The Kier molecular flexibility index (Phi) is 7.84. The Morgan fingerprint density at radius 1 is 1.02 bits per heavy atom. The van der Waals surface area contributed by atoms with E-state index in [1.807, 2.05) is 45.0 Å². The molecule has 2 aliphatic rings. The van der Waals surface area contributed by atoms with Gasteiger partial charge in [0.2, 0.25) is 0 Å². The normalized spacial score (nSPS) is 16.8. The van der Waals surface area contributed by atoms with E-state index >= 15 is 0 Å². The lowest BCUT2D eigenvalue weighted by Crippen LogP contribution is -2.38. The Morgan fingerprint density at radius 2 is 1.68 bits per heavy atom. The zero-order valence-electron chi connectivity index (χ0n) is 25.2. The highest BCUT2D eigenvalue weighted by Gasteiger charge is 2.34. The van der Waals surface area contributed by atoms with E-state index < -0.39 is 23.8 Å². The van der Waals surface area contributed by atoms with Gasteiger partial charge in [-0.05, 0) is 68.5 Å². The Morgan fingerprint density at radius 3 is 2.34 bits per heavy atom. The number of benzene rings is 3. The van der Waals surface area contributed by atoms with Gasteiger partial charge in [-0.1, -0.05) is 66.2 Å². The largest absolute Gasteiger partial charge is 0.449 e. The van der Waals surface area contributed by atoms with Crippen LogP contribution in [0, 0.1) is 0 Å². The van der Waals surface area contributed by atoms with Gasteiger partial charge < -0.3 is 19.7 Å². The monoisotopic (exact) mass is 614 g/mol. The maximum absolute atomic E-state index is 13.9. The van der Waals surface area contributed by atoms with E-state index in [9.17, 15) is 14.4 Å². The molecular weight excluding hydrogens is 580 g/mol. The van der Waals surface area contributed by atoms with Crippen LogP contribution in [0.1, 0.15) is 69.1 Å². The molecule has 0 saturated carbocycles. The van der Waals surface area contributed by atoms with Gasteiger partial charge in [0.15, 0.2) is 0 Å². The average Bonchev–Trinajstić information content (AvgIpc) is 3.58. The van der Waals surface area contributed by atoms with E-state index in [2.05, 4.69) is 29.6 Å². The van der Waals surface area contributed by atoms with Gasteiger partial charge in [0.1, 0.15) is 18.0 Å². The maximum Gasteiger partial charge on any atom is 0.410 e. The summed E-state index contributed by atoms with van der Waals surface area (Å²) in [5.41, 5.74) is 3.98. The molecule has 6 rings (SSSR count). The van der Waals surface area contributed by atoms with E-state index in [0.29, 0.717) is 34.7 Å². The molecule has 4 aromatic rings. The smallest absolute Gasteiger partial charge is 0.410 e. The molecule has 0 spiro atoms. The van der Waals surface area contributed by atoms with E-state index in [0.717, 1.165) is 22.3 Å². The molecule has 1 aliphatic carbocycles. The van der Waals surface area contributed by atoms with Gasteiger partial charge in [-0.25, -0.2) is 14.6 Å². The minimum Gasteiger partial charge on any atom is -0.449 e. The van der Waals surface area contributed by atoms with E-state index in [-0.39, 0.29) is 30.7 Å². The Labute approximate surface area is 260 Å². The second kappa shape index (κ2) is 11.6. The predicted octanol–water partition coefficient (Wildman–Crippen LogP) is 6.83. The topological polar surface area (TPSA) is 103 Å². The van der Waals surface area contributed by atoms with Crippen LogP contribution < -0.4 is 10.9 Å². The van der Waals surface area contributed by atoms with Crippen molar-refractivity contribution >= 4 is 34.7 Å². The van der Waals surface area contributed by atoms with Crippen molar-refractivity contribution in [3.63, 3.8) is 0 Å². The zero-order valence-corrected chi connectivity index (χ0v) is 25.9. The second-order valence-electron chi connectivity index (χ2n) is 12.3. The summed E-state index contributed by atoms with van der Waals surface area (Å²) in [6.07, 6.45) is -0.541. The molecule has 1 saturated heterocycles. The number of fused-ring (bicyclic) bond motifs is 4. The third-order valence-corrected chi connectivity index (χ3v) is 8.47. The van der Waals surface area contributed by atoms with Gasteiger partial charge in [-0.2, -0.15) is 0 Å². The molecule has 1 aliphatic heterocycles. The number of rotatable bonds is 5. The number of carbonyl (C=O) groups excluding carboxylic acids is 2. The van der Waals surface area contributed by atoms with Crippen molar-refractivity contribution in [1.82, 2.24) is 19.8 Å². The number of halogens is 1. The number of nitrogens with one attached hydrogen (secondary N) is 1. The third-order valence-electron chi connectivity index (χ3n) is 8.15. The summed E-state index contributed by atoms with van der Waals surface area (Å²) < 4.78 is 12.9. The number of nitrogens with zero attached hydrogens (tertiary/aromatic N) is 3. The number of hydrogen-bond donors (Lipinski definition) is 1. The first kappa shape index (κ1) is 29.7. The van der Waals surface area contributed by atoms with Crippen molar-refractivity contribution in [1.29, 1.82) is 0 Å². The SMILES string of the molecule is C[C@H](NC(=O)OCC1c2ccccc2-c2ccccc21)c1nc2cccc(Cl)c2c(=O)n1[C@@H]1CCN(C(=O)OC(C)(C)C)C1. The van der Waals surface area contributed by atoms with Gasteiger partial charge in [0, 0.05) is 19.0 Å². The molecular formula is C34H35ClN4O5. The summed E-state index contributed by atoms with van der Waals surface area (Å²) in [5.74, 6) is 0.272. The number of ether oxygens (including phenoxy) is 2. The molecule has 1 aromatic heterocycles. The average molecular weight is 615 g/mol. The van der Waals surface area contributed by atoms with Crippen LogP contribution in [-0.2, 0) is 9.47 Å². The summed E-state index contributed by atoms with van der Waals surface area (Å²) in [5, 5.41) is 3.47. The van der Waals surface area contributed by atoms with Crippen molar-refractivity contribution in [2.24, 2.45) is 0 Å². The minimum absolute atomic E-state index is 0.0834. The first-order valence-electron chi connectivity index (χ1n) is 14.8. The van der Waals surface area contributed by atoms with Gasteiger partial charge in [-0.15, -0.1) is 0 Å². The molecule has 228 valence electrons. The van der Waals surface area contributed by atoms with Crippen LogP contribution in [0.15, 0.2) is 71.5 Å². The lowest BCUT2D eigenvalue weighted by atomic mass is 9.98. The Balaban J connectivity index is 1.24. The molecule has 0 bridgehead atoms. The molecule has 44 heavy (non-hydrogen) atoms. The zero-order chi connectivity index (χ0) is 31.2. The van der Waals surface area contributed by atoms with Crippen LogP contribution >= 0.6 is 11.6 Å². The van der Waals surface area contributed by atoms with Gasteiger partial charge in [-0.3, -0.25) is 9.36 Å². The fourth-order valence-corrected chi connectivity index (χ4v) is 6.45. The second-order valence-corrected chi connectivity index (χ2v) is 12.7. The van der Waals surface area contributed by atoms with Crippen LogP contribution in [0.2, 0.25) is 5.02 Å². The summed E-state index contributed by atoms with van der Waals surface area (Å²) in [7, 11) is 0.